The summed E-state index contributed by atoms with van der Waals surface area (Å²) in [6.07, 6.45) is 7.28. The highest BCUT2D eigenvalue weighted by atomic mass is 15.1. The lowest BCUT2D eigenvalue weighted by atomic mass is 10.0. The van der Waals surface area contributed by atoms with Crippen molar-refractivity contribution < 1.29 is 0 Å². The molecule has 0 unspecified atom stereocenters. The van der Waals surface area contributed by atoms with Gasteiger partial charge in [-0.15, -0.1) is 0 Å². The van der Waals surface area contributed by atoms with Crippen LogP contribution in [0.5, 0.6) is 0 Å². The minimum Gasteiger partial charge on any atom is -0.291 e. The van der Waals surface area contributed by atoms with Crippen molar-refractivity contribution in [1.29, 1.82) is 0 Å². The van der Waals surface area contributed by atoms with Crippen LogP contribution in [-0.2, 0) is 0 Å². The van der Waals surface area contributed by atoms with Crippen LogP contribution in [0, 0.1) is 13.8 Å². The average molecular weight is 724 g/mol. The third-order valence-corrected chi connectivity index (χ3v) is 9.89. The SMILES string of the molecule is Cc1ccc(-c2nc(-c3ccc(C)cc3)nc(-c3cc(-c4nc5ccccc5n4-c4cccnc4)cc(-c4nc5ccccc5n4-c4cccnc4)c3)n2)cc1. The van der Waals surface area contributed by atoms with Crippen molar-refractivity contribution in [1.82, 2.24) is 44.0 Å². The highest BCUT2D eigenvalue weighted by molar-refractivity contribution is 5.88. The van der Waals surface area contributed by atoms with E-state index in [1.807, 2.05) is 73.1 Å². The lowest BCUT2D eigenvalue weighted by Gasteiger charge is -2.14. The molecule has 0 spiro atoms. The molecule has 0 amide bonds. The molecule has 9 nitrogen and oxygen atoms in total. The summed E-state index contributed by atoms with van der Waals surface area (Å²) in [6, 6.07) is 47.2. The number of para-hydroxylation sites is 4. The fraction of sp³-hybridized carbons (Fsp3) is 0.0426. The molecule has 10 aromatic rings. The van der Waals surface area contributed by atoms with Crippen molar-refractivity contribution >= 4 is 22.1 Å². The van der Waals surface area contributed by atoms with Crippen LogP contribution in [0.2, 0.25) is 0 Å². The Labute approximate surface area is 322 Å². The number of aromatic nitrogens is 9. The molecule has 10 rings (SSSR count). The fourth-order valence-electron chi connectivity index (χ4n) is 7.12. The summed E-state index contributed by atoms with van der Waals surface area (Å²) in [5.74, 6) is 3.20. The highest BCUT2D eigenvalue weighted by Gasteiger charge is 2.22. The van der Waals surface area contributed by atoms with E-state index in [0.29, 0.717) is 17.5 Å². The maximum atomic E-state index is 5.24. The first-order chi connectivity index (χ1) is 27.6. The molecule has 0 bridgehead atoms. The van der Waals surface area contributed by atoms with Crippen molar-refractivity contribution in [3.8, 4) is 68.3 Å². The van der Waals surface area contributed by atoms with Gasteiger partial charge in [-0.1, -0.05) is 83.9 Å². The van der Waals surface area contributed by atoms with E-state index >= 15 is 0 Å². The first kappa shape index (κ1) is 33.0. The molecule has 0 atom stereocenters. The van der Waals surface area contributed by atoms with E-state index in [2.05, 4.69) is 112 Å². The zero-order chi connectivity index (χ0) is 37.6. The molecular weight excluding hydrogens is 691 g/mol. The van der Waals surface area contributed by atoms with Crippen LogP contribution in [0.3, 0.4) is 0 Å². The smallest absolute Gasteiger partial charge is 0.164 e. The molecule has 0 aliphatic rings. The number of benzene rings is 5. The summed E-state index contributed by atoms with van der Waals surface area (Å²) in [4.78, 5) is 34.8. The predicted octanol–water partition coefficient (Wildman–Crippen LogP) is 10.3. The van der Waals surface area contributed by atoms with E-state index < -0.39 is 0 Å². The van der Waals surface area contributed by atoms with Gasteiger partial charge in [-0.25, -0.2) is 24.9 Å². The second kappa shape index (κ2) is 13.6. The van der Waals surface area contributed by atoms with Crippen LogP contribution >= 0.6 is 0 Å². The van der Waals surface area contributed by atoms with Crippen molar-refractivity contribution in [2.75, 3.05) is 0 Å². The van der Waals surface area contributed by atoms with E-state index in [-0.39, 0.29) is 0 Å². The average Bonchev–Trinajstić information content (AvgIpc) is 3.84. The van der Waals surface area contributed by atoms with E-state index in [0.717, 1.165) is 84.0 Å². The molecule has 5 heterocycles. The summed E-state index contributed by atoms with van der Waals surface area (Å²) in [5, 5.41) is 0. The minimum atomic E-state index is 0.530. The summed E-state index contributed by atoms with van der Waals surface area (Å²) >= 11 is 0. The molecule has 56 heavy (non-hydrogen) atoms. The molecule has 5 aromatic heterocycles. The molecule has 0 saturated heterocycles. The fourth-order valence-corrected chi connectivity index (χ4v) is 7.12. The number of fused-ring (bicyclic) bond motifs is 2. The van der Waals surface area contributed by atoms with Gasteiger partial charge in [0.15, 0.2) is 17.5 Å². The Morgan fingerprint density at radius 1 is 0.375 bits per heavy atom. The first-order valence-electron chi connectivity index (χ1n) is 18.4. The molecule has 0 fully saturated rings. The molecule has 266 valence electrons. The normalized spacial score (nSPS) is 11.4. The van der Waals surface area contributed by atoms with Crippen molar-refractivity contribution in [2.24, 2.45) is 0 Å². The Balaban J connectivity index is 1.28. The standard InChI is InChI=1S/C47H33N9/c1-30-15-19-32(20-16-30)43-52-44(33-21-17-31(2)18-22-33)54-45(53-43)34-25-35(46-50-39-11-3-5-13-41(39)55(46)37-9-7-23-48-28-37)27-36(26-34)47-51-40-12-4-6-14-42(40)56(47)38-10-8-24-49-29-38/h3-29H,1-2H3. The van der Waals surface area contributed by atoms with E-state index in [1.165, 1.54) is 0 Å². The summed E-state index contributed by atoms with van der Waals surface area (Å²) in [5.41, 5.74) is 12.1. The van der Waals surface area contributed by atoms with Gasteiger partial charge in [0, 0.05) is 40.2 Å². The third kappa shape index (κ3) is 5.97. The zero-order valence-electron chi connectivity index (χ0n) is 30.6. The molecule has 0 aliphatic carbocycles. The quantitative estimate of drug-likeness (QED) is 0.161. The summed E-state index contributed by atoms with van der Waals surface area (Å²) in [6.45, 7) is 4.15. The van der Waals surface area contributed by atoms with Crippen molar-refractivity contribution in [3.63, 3.8) is 0 Å². The molecule has 5 aromatic carbocycles. The molecule has 0 saturated carbocycles. The monoisotopic (exact) mass is 723 g/mol. The van der Waals surface area contributed by atoms with Gasteiger partial charge in [0.25, 0.3) is 0 Å². The Bertz CT molecular complexity index is 2820. The predicted molar refractivity (Wildman–Crippen MR) is 221 cm³/mol. The first-order valence-corrected chi connectivity index (χ1v) is 18.4. The van der Waals surface area contributed by atoms with E-state index in [4.69, 9.17) is 24.9 Å². The Kier molecular flexibility index (Phi) is 8.03. The van der Waals surface area contributed by atoms with Crippen LogP contribution in [0.1, 0.15) is 11.1 Å². The topological polar surface area (TPSA) is 100 Å². The number of imidazole rings is 2. The molecule has 0 aliphatic heterocycles. The van der Waals surface area contributed by atoms with Gasteiger partial charge in [0.2, 0.25) is 0 Å². The largest absolute Gasteiger partial charge is 0.291 e. The van der Waals surface area contributed by atoms with Crippen LogP contribution < -0.4 is 0 Å². The highest BCUT2D eigenvalue weighted by Crippen LogP contribution is 2.37. The lowest BCUT2D eigenvalue weighted by Crippen LogP contribution is -2.03. The van der Waals surface area contributed by atoms with Gasteiger partial charge in [0.05, 0.1) is 45.8 Å². The van der Waals surface area contributed by atoms with Gasteiger partial charge in [0.1, 0.15) is 11.6 Å². The number of pyridine rings is 2. The molecule has 0 N–H and O–H groups in total. The third-order valence-electron chi connectivity index (χ3n) is 9.89. The van der Waals surface area contributed by atoms with Gasteiger partial charge >= 0.3 is 0 Å². The summed E-state index contributed by atoms with van der Waals surface area (Å²) in [7, 11) is 0. The number of hydrogen-bond donors (Lipinski definition) is 0. The van der Waals surface area contributed by atoms with Gasteiger partial charge in [-0.2, -0.15) is 0 Å². The van der Waals surface area contributed by atoms with Gasteiger partial charge in [-0.3, -0.25) is 19.1 Å². The number of hydrogen-bond acceptors (Lipinski definition) is 7. The maximum Gasteiger partial charge on any atom is 0.164 e. The summed E-state index contributed by atoms with van der Waals surface area (Å²) < 4.78 is 4.30. The van der Waals surface area contributed by atoms with E-state index in [9.17, 15) is 0 Å². The second-order valence-corrected chi connectivity index (χ2v) is 13.8. The van der Waals surface area contributed by atoms with Crippen LogP contribution in [0.4, 0.5) is 0 Å². The minimum absolute atomic E-state index is 0.530. The van der Waals surface area contributed by atoms with Crippen molar-refractivity contribution in [3.05, 3.63) is 175 Å². The van der Waals surface area contributed by atoms with Crippen LogP contribution in [0.15, 0.2) is 164 Å². The van der Waals surface area contributed by atoms with E-state index in [1.54, 1.807) is 12.4 Å². The van der Waals surface area contributed by atoms with Gasteiger partial charge in [-0.05, 0) is 80.6 Å². The lowest BCUT2D eigenvalue weighted by molar-refractivity contribution is 1.06. The Morgan fingerprint density at radius 2 is 0.786 bits per heavy atom. The Morgan fingerprint density at radius 3 is 1.21 bits per heavy atom. The second-order valence-electron chi connectivity index (χ2n) is 13.8. The number of nitrogens with zero attached hydrogens (tertiary/aromatic N) is 9. The van der Waals surface area contributed by atoms with Crippen LogP contribution in [-0.4, -0.2) is 44.0 Å². The molecule has 9 heteroatoms. The number of rotatable bonds is 7. The van der Waals surface area contributed by atoms with Crippen LogP contribution in [0.25, 0.3) is 90.4 Å². The molecule has 0 radical (unpaired) electrons. The zero-order valence-corrected chi connectivity index (χ0v) is 30.6. The Hall–Kier alpha value is -7.65. The van der Waals surface area contributed by atoms with Crippen molar-refractivity contribution in [2.45, 2.75) is 13.8 Å². The molecular formula is C47H33N9. The number of aryl methyl sites for hydroxylation is 2. The van der Waals surface area contributed by atoms with Gasteiger partial charge < -0.3 is 0 Å². The maximum absolute atomic E-state index is 5.24.